The van der Waals surface area contributed by atoms with Crippen molar-refractivity contribution in [1.82, 2.24) is 4.37 Å². The Hall–Kier alpha value is -1.10. The minimum atomic E-state index is -0.977. The maximum Gasteiger partial charge on any atom is 0.357 e. The van der Waals surface area contributed by atoms with Gasteiger partial charge in [-0.05, 0) is 11.5 Å². The van der Waals surface area contributed by atoms with Crippen molar-refractivity contribution >= 4 is 23.2 Å². The molecule has 0 aliphatic rings. The summed E-state index contributed by atoms with van der Waals surface area (Å²) in [6.45, 7) is 0. The van der Waals surface area contributed by atoms with Crippen LogP contribution in [0.25, 0.3) is 0 Å². The van der Waals surface area contributed by atoms with Crippen molar-refractivity contribution in [1.29, 1.82) is 0 Å². The molecule has 60 valence electrons. The van der Waals surface area contributed by atoms with Crippen LogP contribution in [0.4, 0.5) is 5.69 Å². The molecule has 1 heterocycles. The number of aromatic carboxylic acids is 1. The fraction of sp³-hybridized carbons (Fsp3) is 0.333. The minimum absolute atomic E-state index is 0.125. The first-order chi connectivity index (χ1) is 5.13. The maximum atomic E-state index is 10.5. The summed E-state index contributed by atoms with van der Waals surface area (Å²) >= 11 is 1.15. The Morgan fingerprint density at radius 2 is 2.36 bits per heavy atom. The second-order valence-electron chi connectivity index (χ2n) is 2.25. The predicted octanol–water partition coefficient (Wildman–Crippen LogP) is 0.907. The highest BCUT2D eigenvalue weighted by atomic mass is 32.1. The van der Waals surface area contributed by atoms with Crippen LogP contribution in [0, 0.1) is 0 Å². The van der Waals surface area contributed by atoms with Crippen molar-refractivity contribution in [3.63, 3.8) is 0 Å². The van der Waals surface area contributed by atoms with E-state index in [0.29, 0.717) is 5.69 Å². The van der Waals surface area contributed by atoms with Crippen LogP contribution in [0.1, 0.15) is 10.5 Å². The highest BCUT2D eigenvalue weighted by Crippen LogP contribution is 2.19. The summed E-state index contributed by atoms with van der Waals surface area (Å²) in [7, 11) is 3.58. The normalized spacial score (nSPS) is 9.64. The van der Waals surface area contributed by atoms with E-state index in [1.54, 1.807) is 24.4 Å². The molecule has 1 aromatic heterocycles. The monoisotopic (exact) mass is 172 g/mol. The van der Waals surface area contributed by atoms with Crippen molar-refractivity contribution in [3.8, 4) is 0 Å². The molecule has 1 N–H and O–H groups in total. The number of rotatable bonds is 2. The fourth-order valence-electron chi connectivity index (χ4n) is 0.697. The van der Waals surface area contributed by atoms with E-state index in [-0.39, 0.29) is 5.69 Å². The van der Waals surface area contributed by atoms with Gasteiger partial charge in [-0.25, -0.2) is 4.79 Å². The van der Waals surface area contributed by atoms with E-state index in [4.69, 9.17) is 5.11 Å². The van der Waals surface area contributed by atoms with Crippen LogP contribution in [0.15, 0.2) is 5.38 Å². The van der Waals surface area contributed by atoms with Gasteiger partial charge in [-0.15, -0.1) is 0 Å². The summed E-state index contributed by atoms with van der Waals surface area (Å²) in [4.78, 5) is 12.2. The van der Waals surface area contributed by atoms with Gasteiger partial charge < -0.3 is 10.0 Å². The standard InChI is InChI=1S/C6H8N2O2S/c1-8(2)4-3-11-7-5(4)6(9)10/h3H,1-2H3,(H,9,10). The minimum Gasteiger partial charge on any atom is -0.476 e. The van der Waals surface area contributed by atoms with E-state index in [9.17, 15) is 4.79 Å². The molecule has 0 radical (unpaired) electrons. The summed E-state index contributed by atoms with van der Waals surface area (Å²) < 4.78 is 3.74. The number of carbonyl (C=O) groups is 1. The first-order valence-electron chi connectivity index (χ1n) is 2.98. The van der Waals surface area contributed by atoms with E-state index < -0.39 is 5.97 Å². The molecule has 0 unspecified atom stereocenters. The van der Waals surface area contributed by atoms with Gasteiger partial charge >= 0.3 is 5.97 Å². The lowest BCUT2D eigenvalue weighted by Gasteiger charge is -2.08. The average molecular weight is 172 g/mol. The van der Waals surface area contributed by atoms with Crippen LogP contribution in [0.5, 0.6) is 0 Å². The smallest absolute Gasteiger partial charge is 0.357 e. The van der Waals surface area contributed by atoms with Gasteiger partial charge in [0.05, 0.1) is 5.69 Å². The summed E-state index contributed by atoms with van der Waals surface area (Å²) in [6, 6.07) is 0. The van der Waals surface area contributed by atoms with Gasteiger partial charge in [-0.3, -0.25) is 0 Å². The first-order valence-corrected chi connectivity index (χ1v) is 3.81. The molecular weight excluding hydrogens is 164 g/mol. The zero-order valence-corrected chi connectivity index (χ0v) is 7.05. The molecule has 0 fully saturated rings. The molecule has 11 heavy (non-hydrogen) atoms. The Labute approximate surface area is 68.2 Å². The van der Waals surface area contributed by atoms with Crippen molar-refractivity contribution < 1.29 is 9.90 Å². The van der Waals surface area contributed by atoms with Crippen LogP contribution < -0.4 is 4.90 Å². The maximum absolute atomic E-state index is 10.5. The second-order valence-corrected chi connectivity index (χ2v) is 2.88. The van der Waals surface area contributed by atoms with Gasteiger partial charge in [0, 0.05) is 19.5 Å². The Bertz CT molecular complexity index is 269. The van der Waals surface area contributed by atoms with E-state index in [1.807, 2.05) is 0 Å². The van der Waals surface area contributed by atoms with Gasteiger partial charge in [-0.2, -0.15) is 4.37 Å². The van der Waals surface area contributed by atoms with Crippen LogP contribution in [-0.4, -0.2) is 29.5 Å². The third kappa shape index (κ3) is 1.48. The summed E-state index contributed by atoms with van der Waals surface area (Å²) in [6.07, 6.45) is 0. The zero-order valence-electron chi connectivity index (χ0n) is 6.24. The molecule has 0 aromatic carbocycles. The molecule has 1 rings (SSSR count). The molecule has 0 saturated carbocycles. The third-order valence-corrected chi connectivity index (χ3v) is 1.85. The molecule has 0 atom stereocenters. The van der Waals surface area contributed by atoms with Crippen LogP contribution in [0.2, 0.25) is 0 Å². The highest BCUT2D eigenvalue weighted by molar-refractivity contribution is 7.04. The molecule has 4 nitrogen and oxygen atoms in total. The molecule has 0 saturated heterocycles. The number of carboxylic acids is 1. The van der Waals surface area contributed by atoms with Gasteiger partial charge in [0.25, 0.3) is 0 Å². The fourth-order valence-corrected chi connectivity index (χ4v) is 1.45. The Kier molecular flexibility index (Phi) is 2.09. The van der Waals surface area contributed by atoms with Crippen LogP contribution >= 0.6 is 11.5 Å². The molecule has 0 aliphatic heterocycles. The van der Waals surface area contributed by atoms with Crippen molar-refractivity contribution in [2.75, 3.05) is 19.0 Å². The number of hydrogen-bond donors (Lipinski definition) is 1. The Morgan fingerprint density at radius 3 is 2.73 bits per heavy atom. The number of hydrogen-bond acceptors (Lipinski definition) is 4. The average Bonchev–Trinajstić information content (AvgIpc) is 2.32. The lowest BCUT2D eigenvalue weighted by Crippen LogP contribution is -2.12. The van der Waals surface area contributed by atoms with E-state index in [1.165, 1.54) is 0 Å². The molecule has 0 bridgehead atoms. The topological polar surface area (TPSA) is 53.4 Å². The second kappa shape index (κ2) is 2.87. The van der Waals surface area contributed by atoms with Gasteiger partial charge in [0.2, 0.25) is 0 Å². The predicted molar refractivity (Wildman–Crippen MR) is 43.4 cm³/mol. The van der Waals surface area contributed by atoms with E-state index in [2.05, 4.69) is 4.37 Å². The SMILES string of the molecule is CN(C)c1csnc1C(=O)O. The largest absolute Gasteiger partial charge is 0.476 e. The lowest BCUT2D eigenvalue weighted by atomic mass is 10.3. The van der Waals surface area contributed by atoms with Crippen molar-refractivity contribution in [2.45, 2.75) is 0 Å². The molecule has 1 aromatic rings. The quantitative estimate of drug-likeness (QED) is 0.720. The zero-order chi connectivity index (χ0) is 8.43. The molecule has 0 spiro atoms. The summed E-state index contributed by atoms with van der Waals surface area (Å²) in [5.41, 5.74) is 0.780. The summed E-state index contributed by atoms with van der Waals surface area (Å²) in [5, 5.41) is 10.3. The molecule has 0 aliphatic carbocycles. The Morgan fingerprint density at radius 1 is 1.73 bits per heavy atom. The van der Waals surface area contributed by atoms with Crippen LogP contribution in [-0.2, 0) is 0 Å². The number of aromatic nitrogens is 1. The number of anilines is 1. The molecule has 5 heteroatoms. The molecule has 0 amide bonds. The van der Waals surface area contributed by atoms with Gasteiger partial charge in [-0.1, -0.05) is 0 Å². The number of nitrogens with zero attached hydrogens (tertiary/aromatic N) is 2. The summed E-state index contributed by atoms with van der Waals surface area (Å²) in [5.74, 6) is -0.977. The Balaban J connectivity index is 3.06. The molecular formula is C6H8N2O2S. The van der Waals surface area contributed by atoms with Crippen molar-refractivity contribution in [2.24, 2.45) is 0 Å². The van der Waals surface area contributed by atoms with Gasteiger partial charge in [0.1, 0.15) is 0 Å². The van der Waals surface area contributed by atoms with Crippen molar-refractivity contribution in [3.05, 3.63) is 11.1 Å². The first kappa shape index (κ1) is 8.00. The third-order valence-electron chi connectivity index (χ3n) is 1.24. The highest BCUT2D eigenvalue weighted by Gasteiger charge is 2.13. The lowest BCUT2D eigenvalue weighted by molar-refractivity contribution is 0.0692. The van der Waals surface area contributed by atoms with Crippen LogP contribution in [0.3, 0.4) is 0 Å². The van der Waals surface area contributed by atoms with Gasteiger partial charge in [0.15, 0.2) is 5.69 Å². The van der Waals surface area contributed by atoms with E-state index in [0.717, 1.165) is 11.5 Å². The number of carboxylic acid groups (broad SMARTS) is 1. The van der Waals surface area contributed by atoms with E-state index >= 15 is 0 Å².